The van der Waals surface area contributed by atoms with Gasteiger partial charge in [-0.05, 0) is 36.6 Å². The number of benzene rings is 2. The van der Waals surface area contributed by atoms with Crippen LogP contribution in [0.25, 0.3) is 0 Å². The number of hydrogen-bond donors (Lipinski definition) is 1. The van der Waals surface area contributed by atoms with E-state index in [2.05, 4.69) is 33.3 Å². The van der Waals surface area contributed by atoms with Crippen LogP contribution in [0.1, 0.15) is 12.0 Å². The van der Waals surface area contributed by atoms with Crippen molar-refractivity contribution in [3.05, 3.63) is 54.1 Å². The van der Waals surface area contributed by atoms with E-state index >= 15 is 0 Å². The molecule has 4 rings (SSSR count). The van der Waals surface area contributed by atoms with Crippen LogP contribution in [0.3, 0.4) is 0 Å². The lowest BCUT2D eigenvalue weighted by Gasteiger charge is -2.39. The number of para-hydroxylation sites is 1. The predicted molar refractivity (Wildman–Crippen MR) is 104 cm³/mol. The number of aryl methyl sites for hydroxylation is 1. The molecule has 1 N–H and O–H groups in total. The Labute approximate surface area is 154 Å². The van der Waals surface area contributed by atoms with Gasteiger partial charge in [-0.1, -0.05) is 24.3 Å². The summed E-state index contributed by atoms with van der Waals surface area (Å²) in [6.45, 7) is 3.63. The van der Waals surface area contributed by atoms with Crippen LogP contribution < -0.4 is 15.0 Å². The number of anilines is 2. The highest BCUT2D eigenvalue weighted by molar-refractivity contribution is 5.96. The Morgan fingerprint density at radius 2 is 1.85 bits per heavy atom. The average molecular weight is 351 g/mol. The van der Waals surface area contributed by atoms with E-state index in [1.54, 1.807) is 7.11 Å². The van der Waals surface area contributed by atoms with Crippen LogP contribution in [-0.4, -0.2) is 50.1 Å². The Kier molecular flexibility index (Phi) is 4.80. The molecule has 0 saturated carbocycles. The third-order valence-electron chi connectivity index (χ3n) is 5.44. The standard InChI is InChI=1S/C21H25N3O2/c1-26-18-7-4-6-17(15-18)23-11-13-24(14-12-23)20-10-9-16-5-2-3-8-19(16)22-21(20)25/h2-8,15,20H,9-14H2,1H3,(H,22,25). The van der Waals surface area contributed by atoms with Gasteiger partial charge in [-0.25, -0.2) is 0 Å². The van der Waals surface area contributed by atoms with Crippen molar-refractivity contribution in [2.45, 2.75) is 18.9 Å². The molecule has 1 saturated heterocycles. The Hall–Kier alpha value is -2.53. The van der Waals surface area contributed by atoms with Crippen molar-refractivity contribution < 1.29 is 9.53 Å². The Morgan fingerprint density at radius 3 is 2.65 bits per heavy atom. The lowest BCUT2D eigenvalue weighted by atomic mass is 10.0. The number of nitrogens with zero attached hydrogens (tertiary/aromatic N) is 2. The van der Waals surface area contributed by atoms with E-state index in [9.17, 15) is 4.79 Å². The number of carbonyl (C=O) groups excluding carboxylic acids is 1. The number of ether oxygens (including phenoxy) is 1. The second kappa shape index (κ2) is 7.38. The van der Waals surface area contributed by atoms with E-state index in [4.69, 9.17) is 4.74 Å². The van der Waals surface area contributed by atoms with Crippen molar-refractivity contribution in [3.8, 4) is 5.75 Å². The topological polar surface area (TPSA) is 44.8 Å². The van der Waals surface area contributed by atoms with E-state index in [1.807, 2.05) is 30.3 Å². The first-order valence-corrected chi connectivity index (χ1v) is 9.26. The van der Waals surface area contributed by atoms with Gasteiger partial charge in [0.2, 0.25) is 5.91 Å². The Balaban J connectivity index is 1.41. The highest BCUT2D eigenvalue weighted by Crippen LogP contribution is 2.26. The number of hydrogen-bond acceptors (Lipinski definition) is 4. The Morgan fingerprint density at radius 1 is 1.04 bits per heavy atom. The number of piperazine rings is 1. The number of rotatable bonds is 3. The minimum absolute atomic E-state index is 0.0464. The fourth-order valence-corrected chi connectivity index (χ4v) is 3.95. The summed E-state index contributed by atoms with van der Waals surface area (Å²) in [7, 11) is 1.69. The number of carbonyl (C=O) groups is 1. The third kappa shape index (κ3) is 3.40. The van der Waals surface area contributed by atoms with Crippen LogP contribution in [0.4, 0.5) is 11.4 Å². The van der Waals surface area contributed by atoms with E-state index in [0.717, 1.165) is 50.5 Å². The zero-order valence-electron chi connectivity index (χ0n) is 15.1. The van der Waals surface area contributed by atoms with Crippen molar-refractivity contribution in [1.82, 2.24) is 4.90 Å². The van der Waals surface area contributed by atoms with Crippen LogP contribution in [0, 0.1) is 0 Å². The summed E-state index contributed by atoms with van der Waals surface area (Å²) in [6.07, 6.45) is 1.82. The second-order valence-corrected chi connectivity index (χ2v) is 6.93. The minimum Gasteiger partial charge on any atom is -0.497 e. The maximum Gasteiger partial charge on any atom is 0.241 e. The quantitative estimate of drug-likeness (QED) is 0.924. The first-order valence-electron chi connectivity index (χ1n) is 9.26. The lowest BCUT2D eigenvalue weighted by Crippen LogP contribution is -2.53. The van der Waals surface area contributed by atoms with Crippen LogP contribution in [0.2, 0.25) is 0 Å². The molecule has 136 valence electrons. The SMILES string of the molecule is COc1cccc(N2CCN(C3CCc4ccccc4NC3=O)CC2)c1. The summed E-state index contributed by atoms with van der Waals surface area (Å²) < 4.78 is 5.33. The van der Waals surface area contributed by atoms with E-state index in [0.29, 0.717) is 0 Å². The molecule has 1 fully saturated rings. The van der Waals surface area contributed by atoms with Gasteiger partial charge in [0.15, 0.2) is 0 Å². The van der Waals surface area contributed by atoms with Crippen molar-refractivity contribution in [3.63, 3.8) is 0 Å². The van der Waals surface area contributed by atoms with Crippen molar-refractivity contribution in [1.29, 1.82) is 0 Å². The van der Waals surface area contributed by atoms with Gasteiger partial charge in [0, 0.05) is 43.6 Å². The zero-order valence-corrected chi connectivity index (χ0v) is 15.1. The fourth-order valence-electron chi connectivity index (χ4n) is 3.95. The molecule has 0 radical (unpaired) electrons. The predicted octanol–water partition coefficient (Wildman–Crippen LogP) is 2.77. The fraction of sp³-hybridized carbons (Fsp3) is 0.381. The monoisotopic (exact) mass is 351 g/mol. The Bertz CT molecular complexity index is 784. The summed E-state index contributed by atoms with van der Waals surface area (Å²) in [5, 5.41) is 3.12. The molecule has 0 spiro atoms. The highest BCUT2D eigenvalue weighted by atomic mass is 16.5. The van der Waals surface area contributed by atoms with Gasteiger partial charge in [-0.2, -0.15) is 0 Å². The largest absolute Gasteiger partial charge is 0.497 e. The molecule has 2 aromatic rings. The summed E-state index contributed by atoms with van der Waals surface area (Å²) in [6, 6.07) is 16.3. The second-order valence-electron chi connectivity index (χ2n) is 6.93. The maximum absolute atomic E-state index is 12.7. The van der Waals surface area contributed by atoms with Crippen molar-refractivity contribution >= 4 is 17.3 Å². The molecule has 5 nitrogen and oxygen atoms in total. The van der Waals surface area contributed by atoms with Gasteiger partial charge in [0.1, 0.15) is 5.75 Å². The van der Waals surface area contributed by atoms with Crippen molar-refractivity contribution in [2.75, 3.05) is 43.5 Å². The zero-order chi connectivity index (χ0) is 17.9. The van der Waals surface area contributed by atoms with Gasteiger partial charge in [-0.3, -0.25) is 9.69 Å². The molecule has 2 aliphatic rings. The van der Waals surface area contributed by atoms with Crippen LogP contribution in [0.5, 0.6) is 5.75 Å². The van der Waals surface area contributed by atoms with E-state index in [1.165, 1.54) is 11.3 Å². The smallest absolute Gasteiger partial charge is 0.241 e. The summed E-state index contributed by atoms with van der Waals surface area (Å²) in [5.74, 6) is 1.01. The minimum atomic E-state index is -0.0464. The normalized spacial score (nSPS) is 20.9. The maximum atomic E-state index is 12.7. The highest BCUT2D eigenvalue weighted by Gasteiger charge is 2.31. The molecule has 1 atom stereocenters. The number of fused-ring (bicyclic) bond motifs is 1. The van der Waals surface area contributed by atoms with Gasteiger partial charge in [0.25, 0.3) is 0 Å². The van der Waals surface area contributed by atoms with Gasteiger partial charge in [-0.15, -0.1) is 0 Å². The molecule has 1 amide bonds. The molecular weight excluding hydrogens is 326 g/mol. The molecule has 2 heterocycles. The molecule has 1 unspecified atom stereocenters. The van der Waals surface area contributed by atoms with Gasteiger partial charge in [0.05, 0.1) is 13.2 Å². The first kappa shape index (κ1) is 16.9. The molecule has 0 bridgehead atoms. The van der Waals surface area contributed by atoms with Gasteiger partial charge < -0.3 is 15.0 Å². The number of methoxy groups -OCH3 is 1. The molecular formula is C21H25N3O2. The van der Waals surface area contributed by atoms with Gasteiger partial charge >= 0.3 is 0 Å². The average Bonchev–Trinajstić information content (AvgIpc) is 2.86. The summed E-state index contributed by atoms with van der Waals surface area (Å²) >= 11 is 0. The summed E-state index contributed by atoms with van der Waals surface area (Å²) in [4.78, 5) is 17.4. The van der Waals surface area contributed by atoms with Crippen LogP contribution in [-0.2, 0) is 11.2 Å². The summed E-state index contributed by atoms with van der Waals surface area (Å²) in [5.41, 5.74) is 3.38. The molecule has 26 heavy (non-hydrogen) atoms. The molecule has 0 aromatic heterocycles. The third-order valence-corrected chi connectivity index (χ3v) is 5.44. The molecule has 2 aromatic carbocycles. The first-order chi connectivity index (χ1) is 12.7. The van der Waals surface area contributed by atoms with Crippen LogP contribution in [0.15, 0.2) is 48.5 Å². The molecule has 5 heteroatoms. The van der Waals surface area contributed by atoms with E-state index < -0.39 is 0 Å². The van der Waals surface area contributed by atoms with E-state index in [-0.39, 0.29) is 11.9 Å². The van der Waals surface area contributed by atoms with Crippen LogP contribution >= 0.6 is 0 Å². The molecule has 2 aliphatic heterocycles. The molecule has 0 aliphatic carbocycles. The number of amides is 1. The van der Waals surface area contributed by atoms with Crippen molar-refractivity contribution in [2.24, 2.45) is 0 Å². The number of nitrogens with one attached hydrogen (secondary N) is 1. The lowest BCUT2D eigenvalue weighted by molar-refractivity contribution is -0.121.